The summed E-state index contributed by atoms with van der Waals surface area (Å²) in [5.74, 6) is -0.361. The number of sulfone groups is 1. The van der Waals surface area contributed by atoms with Crippen LogP contribution in [0, 0.1) is 0 Å². The summed E-state index contributed by atoms with van der Waals surface area (Å²) in [5.41, 5.74) is 1.08. The highest BCUT2D eigenvalue weighted by Crippen LogP contribution is 2.35. The zero-order chi connectivity index (χ0) is 20.8. The lowest BCUT2D eigenvalue weighted by Gasteiger charge is -2.23. The van der Waals surface area contributed by atoms with Gasteiger partial charge in [-0.25, -0.2) is 13.2 Å². The van der Waals surface area contributed by atoms with Gasteiger partial charge in [-0.15, -0.1) is 11.3 Å². The Bertz CT molecular complexity index is 1230. The number of carbonyl (C=O) groups excluding carboxylic acids is 1. The predicted octanol–water partition coefficient (Wildman–Crippen LogP) is 3.30. The van der Waals surface area contributed by atoms with Crippen LogP contribution < -0.4 is 11.0 Å². The summed E-state index contributed by atoms with van der Waals surface area (Å²) in [6.07, 6.45) is 4.04. The van der Waals surface area contributed by atoms with Crippen molar-refractivity contribution in [2.75, 3.05) is 5.32 Å². The van der Waals surface area contributed by atoms with Gasteiger partial charge in [-0.1, -0.05) is 25.3 Å². The van der Waals surface area contributed by atoms with E-state index in [9.17, 15) is 18.0 Å². The SMILES string of the molecule is Cn1c(=O)n(C)c2cc(S(=O)(=O)C3CCCCC3)c(NC(=O)c3cccs3)cc21. The van der Waals surface area contributed by atoms with Crippen LogP contribution in [0.1, 0.15) is 41.8 Å². The van der Waals surface area contributed by atoms with Crippen LogP contribution in [0.2, 0.25) is 0 Å². The van der Waals surface area contributed by atoms with E-state index in [1.807, 2.05) is 0 Å². The lowest BCUT2D eigenvalue weighted by Crippen LogP contribution is -2.25. The number of rotatable bonds is 4. The molecule has 154 valence electrons. The second kappa shape index (κ2) is 7.46. The maximum absolute atomic E-state index is 13.5. The number of benzene rings is 1. The molecule has 1 aliphatic carbocycles. The zero-order valence-corrected chi connectivity index (χ0v) is 18.0. The molecule has 7 nitrogen and oxygen atoms in total. The van der Waals surface area contributed by atoms with Crippen LogP contribution in [0.3, 0.4) is 0 Å². The molecule has 1 aromatic carbocycles. The zero-order valence-electron chi connectivity index (χ0n) is 16.3. The second-order valence-electron chi connectivity index (χ2n) is 7.47. The van der Waals surface area contributed by atoms with Crippen LogP contribution in [0.5, 0.6) is 0 Å². The first-order valence-corrected chi connectivity index (χ1v) is 12.0. The lowest BCUT2D eigenvalue weighted by molar-refractivity contribution is 0.103. The minimum atomic E-state index is -3.65. The topological polar surface area (TPSA) is 90.2 Å². The van der Waals surface area contributed by atoms with Gasteiger partial charge in [-0.2, -0.15) is 0 Å². The normalized spacial score (nSPS) is 15.7. The number of aryl methyl sites for hydroxylation is 2. The van der Waals surface area contributed by atoms with Crippen LogP contribution in [-0.4, -0.2) is 28.7 Å². The molecular formula is C20H23N3O4S2. The van der Waals surface area contributed by atoms with Crippen LogP contribution in [0.25, 0.3) is 11.0 Å². The summed E-state index contributed by atoms with van der Waals surface area (Å²) in [6.45, 7) is 0. The number of imidazole rings is 1. The molecule has 29 heavy (non-hydrogen) atoms. The second-order valence-corrected chi connectivity index (χ2v) is 10.6. The average Bonchev–Trinajstić information content (AvgIpc) is 3.33. The minimum absolute atomic E-state index is 0.0861. The highest BCUT2D eigenvalue weighted by atomic mass is 32.2. The number of amides is 1. The molecule has 1 N–H and O–H groups in total. The summed E-state index contributed by atoms with van der Waals surface area (Å²) in [5, 5.41) is 4.10. The van der Waals surface area contributed by atoms with Gasteiger partial charge in [-0.3, -0.25) is 13.9 Å². The molecule has 0 spiro atoms. The number of hydrogen-bond acceptors (Lipinski definition) is 5. The highest BCUT2D eigenvalue weighted by molar-refractivity contribution is 7.92. The number of hydrogen-bond donors (Lipinski definition) is 1. The van der Waals surface area contributed by atoms with Crippen molar-refractivity contribution in [2.45, 2.75) is 42.2 Å². The molecule has 2 aromatic heterocycles. The first kappa shape index (κ1) is 19.9. The number of aromatic nitrogens is 2. The van der Waals surface area contributed by atoms with Gasteiger partial charge in [0.25, 0.3) is 5.91 Å². The maximum atomic E-state index is 13.5. The molecule has 1 amide bonds. The fraction of sp³-hybridized carbons (Fsp3) is 0.400. The van der Waals surface area contributed by atoms with Crippen LogP contribution in [-0.2, 0) is 23.9 Å². The summed E-state index contributed by atoms with van der Waals surface area (Å²) in [4.78, 5) is 25.6. The Hall–Kier alpha value is -2.39. The van der Waals surface area contributed by atoms with Gasteiger partial charge in [0.05, 0.1) is 31.7 Å². The van der Waals surface area contributed by atoms with Crippen molar-refractivity contribution in [1.29, 1.82) is 0 Å². The fourth-order valence-electron chi connectivity index (χ4n) is 4.01. The molecule has 0 aliphatic heterocycles. The van der Waals surface area contributed by atoms with Crippen LogP contribution in [0.15, 0.2) is 39.3 Å². The van der Waals surface area contributed by atoms with Crippen molar-refractivity contribution in [2.24, 2.45) is 14.1 Å². The first-order chi connectivity index (χ1) is 13.8. The van der Waals surface area contributed by atoms with Crippen molar-refractivity contribution in [1.82, 2.24) is 9.13 Å². The number of carbonyl (C=O) groups is 1. The molecule has 0 radical (unpaired) electrons. The van der Waals surface area contributed by atoms with Crippen LogP contribution >= 0.6 is 11.3 Å². The van der Waals surface area contributed by atoms with E-state index >= 15 is 0 Å². The van der Waals surface area contributed by atoms with Gasteiger partial charge >= 0.3 is 5.69 Å². The summed E-state index contributed by atoms with van der Waals surface area (Å²) < 4.78 is 29.8. The molecule has 0 atom stereocenters. The number of nitrogens with one attached hydrogen (secondary N) is 1. The third-order valence-electron chi connectivity index (χ3n) is 5.66. The minimum Gasteiger partial charge on any atom is -0.320 e. The molecule has 9 heteroatoms. The van der Waals surface area contributed by atoms with E-state index in [1.165, 1.54) is 26.5 Å². The summed E-state index contributed by atoms with van der Waals surface area (Å²) in [7, 11) is -0.408. The Morgan fingerprint density at radius 1 is 1.10 bits per heavy atom. The highest BCUT2D eigenvalue weighted by Gasteiger charge is 2.32. The Balaban J connectivity index is 1.89. The van der Waals surface area contributed by atoms with Crippen molar-refractivity contribution < 1.29 is 13.2 Å². The van der Waals surface area contributed by atoms with E-state index in [0.717, 1.165) is 19.3 Å². The van der Waals surface area contributed by atoms with Gasteiger partial charge in [0.15, 0.2) is 9.84 Å². The molecule has 4 rings (SSSR count). The first-order valence-electron chi connectivity index (χ1n) is 9.59. The average molecular weight is 434 g/mol. The van der Waals surface area contributed by atoms with Gasteiger partial charge < -0.3 is 5.32 Å². The smallest absolute Gasteiger partial charge is 0.320 e. The Morgan fingerprint density at radius 3 is 2.38 bits per heavy atom. The largest absolute Gasteiger partial charge is 0.328 e. The Kier molecular flexibility index (Phi) is 5.12. The number of thiophene rings is 1. The number of anilines is 1. The van der Waals surface area contributed by atoms with Crippen molar-refractivity contribution in [3.63, 3.8) is 0 Å². The molecule has 1 saturated carbocycles. The number of fused-ring (bicyclic) bond motifs is 1. The lowest BCUT2D eigenvalue weighted by atomic mass is 10.0. The molecule has 1 fully saturated rings. The van der Waals surface area contributed by atoms with E-state index in [1.54, 1.807) is 37.7 Å². The van der Waals surface area contributed by atoms with Gasteiger partial charge in [0.2, 0.25) is 0 Å². The molecule has 2 heterocycles. The molecular weight excluding hydrogens is 410 g/mol. The summed E-state index contributed by atoms with van der Waals surface area (Å²) >= 11 is 1.28. The number of nitrogens with zero attached hydrogens (tertiary/aromatic N) is 2. The molecule has 0 bridgehead atoms. The molecule has 3 aromatic rings. The quantitative estimate of drug-likeness (QED) is 0.684. The predicted molar refractivity (Wildman–Crippen MR) is 114 cm³/mol. The van der Waals surface area contributed by atoms with E-state index in [-0.39, 0.29) is 22.2 Å². The fourth-order valence-corrected chi connectivity index (χ4v) is 6.63. The van der Waals surface area contributed by atoms with E-state index in [2.05, 4.69) is 5.32 Å². The van der Waals surface area contributed by atoms with Crippen molar-refractivity contribution in [3.8, 4) is 0 Å². The van der Waals surface area contributed by atoms with Gasteiger partial charge in [0.1, 0.15) is 0 Å². The van der Waals surface area contributed by atoms with E-state index < -0.39 is 15.1 Å². The third-order valence-corrected chi connectivity index (χ3v) is 8.83. The Labute approximate surface area is 172 Å². The van der Waals surface area contributed by atoms with E-state index in [4.69, 9.17) is 0 Å². The van der Waals surface area contributed by atoms with Crippen molar-refractivity contribution in [3.05, 3.63) is 45.0 Å². The maximum Gasteiger partial charge on any atom is 0.328 e. The van der Waals surface area contributed by atoms with Crippen LogP contribution in [0.4, 0.5) is 5.69 Å². The van der Waals surface area contributed by atoms with Crippen molar-refractivity contribution >= 4 is 43.8 Å². The van der Waals surface area contributed by atoms with Gasteiger partial charge in [-0.05, 0) is 36.4 Å². The monoisotopic (exact) mass is 433 g/mol. The standard InChI is InChI=1S/C20H23N3O4S2/c1-22-15-11-14(21-19(24)17-9-6-10-28-17)18(12-16(15)23(2)20(22)25)29(26,27)13-7-4-3-5-8-13/h6,9-13H,3-5,7-8H2,1-2H3,(H,21,24). The third kappa shape index (κ3) is 3.42. The summed E-state index contributed by atoms with van der Waals surface area (Å²) in [6, 6.07) is 6.58. The molecule has 0 unspecified atom stereocenters. The molecule has 1 aliphatic rings. The van der Waals surface area contributed by atoms with Gasteiger partial charge in [0, 0.05) is 14.1 Å². The van der Waals surface area contributed by atoms with E-state index in [0.29, 0.717) is 28.8 Å². The Morgan fingerprint density at radius 2 is 1.76 bits per heavy atom. The molecule has 0 saturated heterocycles.